The third-order valence-electron chi connectivity index (χ3n) is 7.62. The van der Waals surface area contributed by atoms with Gasteiger partial charge in [-0.1, -0.05) is 140 Å². The van der Waals surface area contributed by atoms with Crippen LogP contribution in [-0.4, -0.2) is 13.1 Å². The van der Waals surface area contributed by atoms with E-state index in [1.807, 2.05) is 6.20 Å². The maximum atomic E-state index is 4.99. The fraction of sp³-hybridized carbons (Fsp3) is 0. The van der Waals surface area contributed by atoms with E-state index >= 15 is 0 Å². The van der Waals surface area contributed by atoms with Gasteiger partial charge in [0, 0.05) is 22.4 Å². The summed E-state index contributed by atoms with van der Waals surface area (Å²) in [7, 11) is -2.58. The number of nitrogens with zero attached hydrogens (tertiary/aromatic N) is 1. The molecule has 7 rings (SSSR count). The lowest BCUT2D eigenvalue weighted by molar-refractivity contribution is 1.45. The normalized spacial score (nSPS) is 11.8. The van der Waals surface area contributed by atoms with E-state index in [1.54, 1.807) is 0 Å². The Morgan fingerprint density at radius 2 is 0.946 bits per heavy atom. The highest BCUT2D eigenvalue weighted by atomic mass is 28.3. The summed E-state index contributed by atoms with van der Waals surface area (Å²) in [5, 5.41) is 11.7. The molecule has 174 valence electrons. The first-order valence-electron chi connectivity index (χ1n) is 12.7. The summed E-state index contributed by atoms with van der Waals surface area (Å²) in [5.41, 5.74) is 1.04. The molecule has 0 saturated carbocycles. The van der Waals surface area contributed by atoms with E-state index in [1.165, 1.54) is 47.7 Å². The Bertz CT molecular complexity index is 1770. The molecule has 37 heavy (non-hydrogen) atoms. The molecule has 0 amide bonds. The highest BCUT2D eigenvalue weighted by molar-refractivity contribution is 7.20. The predicted octanol–water partition coefficient (Wildman–Crippen LogP) is 5.92. The van der Waals surface area contributed by atoms with Crippen LogP contribution in [0.15, 0.2) is 152 Å². The minimum Gasteiger partial charge on any atom is -0.256 e. The summed E-state index contributed by atoms with van der Waals surface area (Å²) in [4.78, 5) is 4.99. The van der Waals surface area contributed by atoms with Crippen molar-refractivity contribution in [3.05, 3.63) is 152 Å². The lowest BCUT2D eigenvalue weighted by atomic mass is 10.00. The van der Waals surface area contributed by atoms with E-state index in [0.29, 0.717) is 0 Å². The third kappa shape index (κ3) is 3.41. The maximum Gasteiger partial charge on any atom is 0.179 e. The molecule has 1 nitrogen and oxygen atoms in total. The van der Waals surface area contributed by atoms with Crippen molar-refractivity contribution in [1.29, 1.82) is 0 Å². The van der Waals surface area contributed by atoms with Crippen LogP contribution >= 0.6 is 0 Å². The van der Waals surface area contributed by atoms with Crippen molar-refractivity contribution in [2.45, 2.75) is 0 Å². The van der Waals surface area contributed by atoms with Crippen molar-refractivity contribution in [2.75, 3.05) is 0 Å². The summed E-state index contributed by atoms with van der Waals surface area (Å²) in [6, 6.07) is 53.2. The van der Waals surface area contributed by atoms with Crippen LogP contribution in [0.4, 0.5) is 0 Å². The summed E-state index contributed by atoms with van der Waals surface area (Å²) in [6.07, 6.45) is 2.03. The standard InChI is InChI=1S/C35H25NSi/c1-4-13-28(14-5-1)37(29-15-6-2-7-16-29,30-17-8-3-9-18-30)31-22-23-33-34(24-31)36-25-27-21-20-26-12-10-11-19-32(26)35(27)33/h1-25H. The van der Waals surface area contributed by atoms with Crippen LogP contribution in [-0.2, 0) is 0 Å². The van der Waals surface area contributed by atoms with Crippen molar-refractivity contribution >= 4 is 61.3 Å². The monoisotopic (exact) mass is 487 g/mol. The van der Waals surface area contributed by atoms with E-state index < -0.39 is 8.07 Å². The van der Waals surface area contributed by atoms with Crippen molar-refractivity contribution in [3.63, 3.8) is 0 Å². The second-order valence-corrected chi connectivity index (χ2v) is 13.4. The molecule has 6 aromatic carbocycles. The van der Waals surface area contributed by atoms with Gasteiger partial charge in [0.1, 0.15) is 0 Å². The second kappa shape index (κ2) is 8.84. The van der Waals surface area contributed by atoms with E-state index in [9.17, 15) is 0 Å². The molecular formula is C35H25NSi. The van der Waals surface area contributed by atoms with E-state index in [4.69, 9.17) is 4.98 Å². The number of rotatable bonds is 4. The van der Waals surface area contributed by atoms with Crippen LogP contribution < -0.4 is 20.7 Å². The first-order chi connectivity index (χ1) is 18.4. The number of fused-ring (bicyclic) bond motifs is 5. The summed E-state index contributed by atoms with van der Waals surface area (Å²) in [6.45, 7) is 0. The molecule has 0 aliphatic heterocycles. The van der Waals surface area contributed by atoms with E-state index in [2.05, 4.69) is 146 Å². The number of pyridine rings is 1. The molecule has 0 N–H and O–H groups in total. The Kier molecular flexibility index (Phi) is 5.19. The van der Waals surface area contributed by atoms with E-state index in [-0.39, 0.29) is 0 Å². The second-order valence-electron chi connectivity index (χ2n) is 9.59. The van der Waals surface area contributed by atoms with Gasteiger partial charge in [-0.25, -0.2) is 0 Å². The molecule has 0 aliphatic carbocycles. The van der Waals surface area contributed by atoms with Gasteiger partial charge in [-0.05, 0) is 37.6 Å². The fourth-order valence-corrected chi connectivity index (χ4v) is 10.7. The average Bonchev–Trinajstić information content (AvgIpc) is 2.99. The Morgan fingerprint density at radius 3 is 1.57 bits per heavy atom. The third-order valence-corrected chi connectivity index (χ3v) is 12.4. The zero-order valence-corrected chi connectivity index (χ0v) is 21.4. The minimum atomic E-state index is -2.58. The highest BCUT2D eigenvalue weighted by Crippen LogP contribution is 2.30. The highest BCUT2D eigenvalue weighted by Gasteiger charge is 2.41. The Labute approximate surface area is 217 Å². The molecule has 0 atom stereocenters. The SMILES string of the molecule is c1ccc([Si](c2ccccc2)(c2ccccc2)c2ccc3c(c2)ncc2ccc4ccccc4c23)cc1. The lowest BCUT2D eigenvalue weighted by Crippen LogP contribution is -2.74. The molecule has 0 aliphatic rings. The lowest BCUT2D eigenvalue weighted by Gasteiger charge is -2.34. The van der Waals surface area contributed by atoms with Crippen LogP contribution in [0.1, 0.15) is 0 Å². The van der Waals surface area contributed by atoms with E-state index in [0.717, 1.165) is 5.52 Å². The van der Waals surface area contributed by atoms with Crippen molar-refractivity contribution in [2.24, 2.45) is 0 Å². The topological polar surface area (TPSA) is 12.9 Å². The molecule has 1 heterocycles. The molecule has 0 unspecified atom stereocenters. The average molecular weight is 488 g/mol. The molecule has 0 saturated heterocycles. The van der Waals surface area contributed by atoms with Gasteiger partial charge in [-0.3, -0.25) is 4.98 Å². The smallest absolute Gasteiger partial charge is 0.179 e. The molecule has 0 bridgehead atoms. The molecule has 0 radical (unpaired) electrons. The van der Waals surface area contributed by atoms with Gasteiger partial charge in [-0.2, -0.15) is 0 Å². The largest absolute Gasteiger partial charge is 0.256 e. The number of benzene rings is 6. The van der Waals surface area contributed by atoms with Crippen LogP contribution in [0.25, 0.3) is 32.4 Å². The Morgan fingerprint density at radius 1 is 0.405 bits per heavy atom. The maximum absolute atomic E-state index is 4.99. The molecule has 0 fully saturated rings. The van der Waals surface area contributed by atoms with Crippen LogP contribution in [0.2, 0.25) is 0 Å². The Hall–Kier alpha value is -4.53. The van der Waals surface area contributed by atoms with Crippen molar-refractivity contribution in [3.8, 4) is 0 Å². The van der Waals surface area contributed by atoms with Gasteiger partial charge in [0.15, 0.2) is 8.07 Å². The van der Waals surface area contributed by atoms with Gasteiger partial charge in [0.05, 0.1) is 5.52 Å². The zero-order chi connectivity index (χ0) is 24.7. The van der Waals surface area contributed by atoms with Gasteiger partial charge in [0.2, 0.25) is 0 Å². The van der Waals surface area contributed by atoms with Crippen molar-refractivity contribution < 1.29 is 0 Å². The molecular weight excluding hydrogens is 462 g/mol. The van der Waals surface area contributed by atoms with Crippen molar-refractivity contribution in [1.82, 2.24) is 4.98 Å². The number of hydrogen-bond donors (Lipinski definition) is 0. The number of hydrogen-bond acceptors (Lipinski definition) is 1. The summed E-state index contributed by atoms with van der Waals surface area (Å²) in [5.74, 6) is 0. The molecule has 2 heteroatoms. The minimum absolute atomic E-state index is 1.04. The zero-order valence-electron chi connectivity index (χ0n) is 20.4. The first-order valence-corrected chi connectivity index (χ1v) is 14.7. The Balaban J connectivity index is 1.59. The first kappa shape index (κ1) is 21.7. The molecule has 0 spiro atoms. The fourth-order valence-electron chi connectivity index (χ4n) is 5.98. The number of aromatic nitrogens is 1. The quantitative estimate of drug-likeness (QED) is 0.171. The van der Waals surface area contributed by atoms with Gasteiger partial charge >= 0.3 is 0 Å². The summed E-state index contributed by atoms with van der Waals surface area (Å²) >= 11 is 0. The van der Waals surface area contributed by atoms with Gasteiger partial charge < -0.3 is 0 Å². The predicted molar refractivity (Wildman–Crippen MR) is 160 cm³/mol. The van der Waals surface area contributed by atoms with Crippen LogP contribution in [0, 0.1) is 0 Å². The van der Waals surface area contributed by atoms with Gasteiger partial charge in [0.25, 0.3) is 0 Å². The molecule has 1 aromatic heterocycles. The van der Waals surface area contributed by atoms with Crippen LogP contribution in [0.3, 0.4) is 0 Å². The van der Waals surface area contributed by atoms with Gasteiger partial charge in [-0.15, -0.1) is 0 Å². The molecule has 7 aromatic rings. The summed E-state index contributed by atoms with van der Waals surface area (Å²) < 4.78 is 0. The van der Waals surface area contributed by atoms with Crippen LogP contribution in [0.5, 0.6) is 0 Å².